The molecule has 1 saturated heterocycles. The minimum Gasteiger partial charge on any atom is -0.372 e. The third kappa shape index (κ3) is 3.11. The number of hydrogen-bond donors (Lipinski definition) is 1. The molecule has 22 heavy (non-hydrogen) atoms. The first kappa shape index (κ1) is 15.0. The molecule has 5 nitrogen and oxygen atoms in total. The minimum absolute atomic E-state index is 0.0680. The van der Waals surface area contributed by atoms with Crippen molar-refractivity contribution in [2.45, 2.75) is 19.8 Å². The molecule has 0 bridgehead atoms. The van der Waals surface area contributed by atoms with E-state index < -0.39 is 0 Å². The highest BCUT2D eigenvalue weighted by atomic mass is 32.1. The summed E-state index contributed by atoms with van der Waals surface area (Å²) >= 11 is 1.69. The van der Waals surface area contributed by atoms with E-state index in [1.807, 2.05) is 35.5 Å². The SMILES string of the molecule is CNc1nc(C)ccc1C(=O)N1CCC(Cc2nccs2)C1. The van der Waals surface area contributed by atoms with Crippen LogP contribution in [0.15, 0.2) is 23.7 Å². The van der Waals surface area contributed by atoms with Crippen LogP contribution in [0, 0.1) is 12.8 Å². The number of likely N-dealkylation sites (tertiary alicyclic amines) is 1. The number of carbonyl (C=O) groups excluding carboxylic acids is 1. The molecule has 1 atom stereocenters. The standard InChI is InChI=1S/C16H20N4OS/c1-11-3-4-13(15(17-2)19-11)16(21)20-7-5-12(10-20)9-14-18-6-8-22-14/h3-4,6,8,12H,5,7,9-10H2,1-2H3,(H,17,19). The summed E-state index contributed by atoms with van der Waals surface area (Å²) in [5.41, 5.74) is 1.56. The number of anilines is 1. The van der Waals surface area contributed by atoms with Gasteiger partial charge in [-0.15, -0.1) is 11.3 Å². The van der Waals surface area contributed by atoms with Crippen LogP contribution in [0.25, 0.3) is 0 Å². The van der Waals surface area contributed by atoms with Gasteiger partial charge >= 0.3 is 0 Å². The summed E-state index contributed by atoms with van der Waals surface area (Å²) in [6, 6.07) is 3.75. The third-order valence-electron chi connectivity index (χ3n) is 4.02. The summed E-state index contributed by atoms with van der Waals surface area (Å²) in [5.74, 6) is 1.23. The predicted octanol–water partition coefficient (Wildman–Crippen LogP) is 2.59. The Bertz CT molecular complexity index is 656. The number of carbonyl (C=O) groups is 1. The molecule has 1 unspecified atom stereocenters. The highest BCUT2D eigenvalue weighted by molar-refractivity contribution is 7.09. The average Bonchev–Trinajstić information content (AvgIpc) is 3.18. The van der Waals surface area contributed by atoms with Crippen molar-refractivity contribution in [3.05, 3.63) is 40.0 Å². The van der Waals surface area contributed by atoms with Crippen molar-refractivity contribution in [3.63, 3.8) is 0 Å². The number of pyridine rings is 1. The third-order valence-corrected chi connectivity index (χ3v) is 4.82. The van der Waals surface area contributed by atoms with Crippen molar-refractivity contribution >= 4 is 23.1 Å². The second-order valence-corrected chi connectivity index (χ2v) is 6.61. The fourth-order valence-corrected chi connectivity index (χ4v) is 3.61. The number of rotatable bonds is 4. The Morgan fingerprint density at radius 2 is 2.36 bits per heavy atom. The van der Waals surface area contributed by atoms with Gasteiger partial charge < -0.3 is 10.2 Å². The molecule has 1 aliphatic heterocycles. The zero-order valence-corrected chi connectivity index (χ0v) is 13.7. The van der Waals surface area contributed by atoms with E-state index in [1.54, 1.807) is 18.4 Å². The Morgan fingerprint density at radius 3 is 3.09 bits per heavy atom. The van der Waals surface area contributed by atoms with Crippen LogP contribution in [0.1, 0.15) is 27.5 Å². The maximum Gasteiger partial charge on any atom is 0.257 e. The van der Waals surface area contributed by atoms with Gasteiger partial charge in [-0.2, -0.15) is 0 Å². The summed E-state index contributed by atoms with van der Waals surface area (Å²) in [6.45, 7) is 3.54. The van der Waals surface area contributed by atoms with E-state index in [-0.39, 0.29) is 5.91 Å². The monoisotopic (exact) mass is 316 g/mol. The lowest BCUT2D eigenvalue weighted by molar-refractivity contribution is 0.0787. The molecule has 0 aromatic carbocycles. The number of amides is 1. The van der Waals surface area contributed by atoms with Gasteiger partial charge in [0.15, 0.2) is 0 Å². The van der Waals surface area contributed by atoms with E-state index in [1.165, 1.54) is 0 Å². The zero-order valence-electron chi connectivity index (χ0n) is 12.9. The maximum absolute atomic E-state index is 12.7. The van der Waals surface area contributed by atoms with Gasteiger partial charge in [-0.1, -0.05) is 0 Å². The van der Waals surface area contributed by atoms with Gasteiger partial charge in [-0.25, -0.2) is 9.97 Å². The number of hydrogen-bond acceptors (Lipinski definition) is 5. The second-order valence-electron chi connectivity index (χ2n) is 5.63. The van der Waals surface area contributed by atoms with Crippen molar-refractivity contribution in [1.82, 2.24) is 14.9 Å². The van der Waals surface area contributed by atoms with E-state index in [9.17, 15) is 4.79 Å². The maximum atomic E-state index is 12.7. The molecule has 1 amide bonds. The van der Waals surface area contributed by atoms with Crippen molar-refractivity contribution in [1.29, 1.82) is 0 Å². The first-order valence-electron chi connectivity index (χ1n) is 7.50. The second kappa shape index (κ2) is 6.44. The molecule has 3 heterocycles. The van der Waals surface area contributed by atoms with Gasteiger partial charge in [-0.05, 0) is 31.4 Å². The van der Waals surface area contributed by atoms with Gasteiger partial charge in [0.1, 0.15) is 5.82 Å². The first-order valence-corrected chi connectivity index (χ1v) is 8.38. The Balaban J connectivity index is 1.69. The molecule has 2 aromatic heterocycles. The van der Waals surface area contributed by atoms with Crippen molar-refractivity contribution in [2.75, 3.05) is 25.5 Å². The predicted molar refractivity (Wildman–Crippen MR) is 88.3 cm³/mol. The molecule has 0 radical (unpaired) electrons. The summed E-state index contributed by atoms with van der Waals surface area (Å²) < 4.78 is 0. The molecule has 0 spiro atoms. The number of nitrogens with one attached hydrogen (secondary N) is 1. The van der Waals surface area contributed by atoms with Gasteiger partial charge in [0.05, 0.1) is 10.6 Å². The quantitative estimate of drug-likeness (QED) is 0.942. The van der Waals surface area contributed by atoms with E-state index in [4.69, 9.17) is 0 Å². The molecule has 3 rings (SSSR count). The van der Waals surface area contributed by atoms with Crippen LogP contribution in [0.2, 0.25) is 0 Å². The summed E-state index contributed by atoms with van der Waals surface area (Å²) in [6.07, 6.45) is 3.85. The van der Waals surface area contributed by atoms with Gasteiger partial charge in [0.25, 0.3) is 5.91 Å². The van der Waals surface area contributed by atoms with Crippen LogP contribution in [0.5, 0.6) is 0 Å². The van der Waals surface area contributed by atoms with Crippen molar-refractivity contribution in [3.8, 4) is 0 Å². The van der Waals surface area contributed by atoms with E-state index in [0.717, 1.165) is 36.6 Å². The lowest BCUT2D eigenvalue weighted by atomic mass is 10.1. The molecule has 1 fully saturated rings. The van der Waals surface area contributed by atoms with Crippen molar-refractivity contribution in [2.24, 2.45) is 5.92 Å². The number of thiazole rings is 1. The lowest BCUT2D eigenvalue weighted by Crippen LogP contribution is -2.29. The largest absolute Gasteiger partial charge is 0.372 e. The van der Waals surface area contributed by atoms with Crippen LogP contribution >= 0.6 is 11.3 Å². The fraction of sp³-hybridized carbons (Fsp3) is 0.438. The molecule has 116 valence electrons. The lowest BCUT2D eigenvalue weighted by Gasteiger charge is -2.18. The molecule has 2 aromatic rings. The van der Waals surface area contributed by atoms with Crippen LogP contribution in [-0.2, 0) is 6.42 Å². The van der Waals surface area contributed by atoms with E-state index in [0.29, 0.717) is 17.3 Å². The van der Waals surface area contributed by atoms with Gasteiger partial charge in [-0.3, -0.25) is 4.79 Å². The zero-order chi connectivity index (χ0) is 15.5. The number of nitrogens with zero attached hydrogens (tertiary/aromatic N) is 3. The summed E-state index contributed by atoms with van der Waals surface area (Å²) in [5, 5.41) is 6.19. The summed E-state index contributed by atoms with van der Waals surface area (Å²) in [4.78, 5) is 23.4. The molecule has 1 aliphatic rings. The highest BCUT2D eigenvalue weighted by Crippen LogP contribution is 2.25. The molecular formula is C16H20N4OS. The highest BCUT2D eigenvalue weighted by Gasteiger charge is 2.28. The van der Waals surface area contributed by atoms with E-state index >= 15 is 0 Å². The van der Waals surface area contributed by atoms with Gasteiger partial charge in [0, 0.05) is 43.8 Å². The topological polar surface area (TPSA) is 58.1 Å². The molecule has 1 N–H and O–H groups in total. The molecular weight excluding hydrogens is 296 g/mol. The molecule has 6 heteroatoms. The Morgan fingerprint density at radius 1 is 1.50 bits per heavy atom. The fourth-order valence-electron chi connectivity index (χ4n) is 2.87. The Hall–Kier alpha value is -1.95. The van der Waals surface area contributed by atoms with Gasteiger partial charge in [0.2, 0.25) is 0 Å². The van der Waals surface area contributed by atoms with Crippen molar-refractivity contribution < 1.29 is 4.79 Å². The van der Waals surface area contributed by atoms with Crippen LogP contribution < -0.4 is 5.32 Å². The minimum atomic E-state index is 0.0680. The normalized spacial score (nSPS) is 17.7. The first-order chi connectivity index (χ1) is 10.7. The number of aromatic nitrogens is 2. The molecule has 0 saturated carbocycles. The van der Waals surface area contributed by atoms with Crippen LogP contribution in [-0.4, -0.2) is 40.9 Å². The Kier molecular flexibility index (Phi) is 4.38. The average molecular weight is 316 g/mol. The molecule has 0 aliphatic carbocycles. The van der Waals surface area contributed by atoms with Crippen LogP contribution in [0.3, 0.4) is 0 Å². The summed E-state index contributed by atoms with van der Waals surface area (Å²) in [7, 11) is 1.80. The Labute approximate surface area is 134 Å². The van der Waals surface area contributed by atoms with Crippen LogP contribution in [0.4, 0.5) is 5.82 Å². The smallest absolute Gasteiger partial charge is 0.257 e. The van der Waals surface area contributed by atoms with E-state index in [2.05, 4.69) is 15.3 Å². The number of aryl methyl sites for hydroxylation is 1.